The molecule has 10 heteroatoms. The van der Waals surface area contributed by atoms with Crippen molar-refractivity contribution in [3.63, 3.8) is 0 Å². The fourth-order valence-electron chi connectivity index (χ4n) is 3.40. The van der Waals surface area contributed by atoms with Gasteiger partial charge in [-0.05, 0) is 24.3 Å². The second kappa shape index (κ2) is 8.45. The van der Waals surface area contributed by atoms with Crippen LogP contribution in [0.15, 0.2) is 70.1 Å². The number of piperazine rings is 1. The number of sulfonamides is 1. The molecule has 0 spiro atoms. The molecule has 31 heavy (non-hydrogen) atoms. The zero-order valence-electron chi connectivity index (χ0n) is 16.4. The molecule has 1 aliphatic heterocycles. The third kappa shape index (κ3) is 4.81. The number of benzene rings is 2. The number of nitrogens with zero attached hydrogens (tertiary/aromatic N) is 3. The summed E-state index contributed by atoms with van der Waals surface area (Å²) in [7, 11) is -3.85. The van der Waals surface area contributed by atoms with Crippen molar-refractivity contribution in [2.45, 2.75) is 17.6 Å². The number of hydrogen-bond acceptors (Lipinski definition) is 5. The quantitative estimate of drug-likeness (QED) is 0.589. The van der Waals surface area contributed by atoms with Crippen LogP contribution in [0.1, 0.15) is 11.5 Å². The van der Waals surface area contributed by atoms with E-state index < -0.39 is 21.8 Å². The first-order valence-corrected chi connectivity index (χ1v) is 11.1. The van der Waals surface area contributed by atoms with Crippen LogP contribution in [0.2, 0.25) is 0 Å². The highest BCUT2D eigenvalue weighted by atomic mass is 32.2. The first-order chi connectivity index (χ1) is 14.7. The lowest BCUT2D eigenvalue weighted by Gasteiger charge is -2.33. The van der Waals surface area contributed by atoms with E-state index in [9.17, 15) is 21.6 Å². The molecule has 0 bridgehead atoms. The Hall–Kier alpha value is -2.69. The molecular weight excluding hydrogens is 431 g/mol. The molecule has 1 saturated heterocycles. The molecule has 0 unspecified atom stereocenters. The third-order valence-corrected chi connectivity index (χ3v) is 7.03. The SMILES string of the molecule is O=S(=O)(c1ccc(C(F)(F)F)cc1)N1CCN(Cc2ncc(-c3ccccc3)o2)CC1. The first kappa shape index (κ1) is 21.5. The van der Waals surface area contributed by atoms with E-state index in [4.69, 9.17) is 4.42 Å². The van der Waals surface area contributed by atoms with E-state index in [1.54, 1.807) is 6.20 Å². The maximum absolute atomic E-state index is 12.8. The normalized spacial score (nSPS) is 16.5. The van der Waals surface area contributed by atoms with Crippen LogP contribution in [0, 0.1) is 0 Å². The Bertz CT molecular complexity index is 1120. The summed E-state index contributed by atoms with van der Waals surface area (Å²) in [5, 5.41) is 0. The van der Waals surface area contributed by atoms with Crippen molar-refractivity contribution < 1.29 is 26.0 Å². The lowest BCUT2D eigenvalue weighted by atomic mass is 10.2. The molecule has 2 heterocycles. The Labute approximate surface area is 178 Å². The van der Waals surface area contributed by atoms with Crippen molar-refractivity contribution in [2.75, 3.05) is 26.2 Å². The Balaban J connectivity index is 1.37. The minimum atomic E-state index is -4.51. The maximum Gasteiger partial charge on any atom is 0.416 e. The number of rotatable bonds is 5. The molecule has 6 nitrogen and oxygen atoms in total. The molecule has 4 rings (SSSR count). The van der Waals surface area contributed by atoms with E-state index in [2.05, 4.69) is 4.98 Å². The summed E-state index contributed by atoms with van der Waals surface area (Å²) in [5.74, 6) is 1.21. The number of hydrogen-bond donors (Lipinski definition) is 0. The smallest absolute Gasteiger partial charge is 0.416 e. The fourth-order valence-corrected chi connectivity index (χ4v) is 4.83. The first-order valence-electron chi connectivity index (χ1n) is 9.63. The van der Waals surface area contributed by atoms with Gasteiger partial charge in [0, 0.05) is 31.7 Å². The van der Waals surface area contributed by atoms with Crippen molar-refractivity contribution in [2.24, 2.45) is 0 Å². The minimum absolute atomic E-state index is 0.144. The van der Waals surface area contributed by atoms with Crippen LogP contribution in [-0.4, -0.2) is 48.8 Å². The standard InChI is InChI=1S/C21H20F3N3O3S/c22-21(23,24)17-6-8-18(9-7-17)31(28,29)27-12-10-26(11-13-27)15-20-25-14-19(30-20)16-4-2-1-3-5-16/h1-9,14H,10-13,15H2. The Morgan fingerprint density at radius 3 is 2.19 bits per heavy atom. The van der Waals surface area contributed by atoms with Gasteiger partial charge >= 0.3 is 6.18 Å². The number of halogens is 3. The fraction of sp³-hybridized carbons (Fsp3) is 0.286. The van der Waals surface area contributed by atoms with E-state index in [-0.39, 0.29) is 18.0 Å². The van der Waals surface area contributed by atoms with Crippen LogP contribution in [0.3, 0.4) is 0 Å². The monoisotopic (exact) mass is 451 g/mol. The molecule has 0 atom stereocenters. The molecule has 2 aromatic carbocycles. The highest BCUT2D eigenvalue weighted by Gasteiger charge is 2.32. The molecular formula is C21H20F3N3O3S. The Morgan fingerprint density at radius 1 is 0.935 bits per heavy atom. The predicted molar refractivity (Wildman–Crippen MR) is 107 cm³/mol. The van der Waals surface area contributed by atoms with E-state index in [0.29, 0.717) is 31.3 Å². The van der Waals surface area contributed by atoms with Gasteiger partial charge in [0.15, 0.2) is 5.76 Å². The van der Waals surface area contributed by atoms with Gasteiger partial charge in [0.25, 0.3) is 0 Å². The van der Waals surface area contributed by atoms with Gasteiger partial charge in [-0.25, -0.2) is 13.4 Å². The molecule has 1 fully saturated rings. The largest absolute Gasteiger partial charge is 0.439 e. The molecule has 3 aromatic rings. The van der Waals surface area contributed by atoms with E-state index >= 15 is 0 Å². The van der Waals surface area contributed by atoms with Gasteiger partial charge in [-0.15, -0.1) is 0 Å². The number of alkyl halides is 3. The van der Waals surface area contributed by atoms with Crippen molar-refractivity contribution in [1.82, 2.24) is 14.2 Å². The average Bonchev–Trinajstić information content (AvgIpc) is 3.23. The van der Waals surface area contributed by atoms with Gasteiger partial charge in [-0.2, -0.15) is 17.5 Å². The van der Waals surface area contributed by atoms with Crippen molar-refractivity contribution in [3.8, 4) is 11.3 Å². The summed E-state index contributed by atoms with van der Waals surface area (Å²) >= 11 is 0. The van der Waals surface area contributed by atoms with E-state index in [1.165, 1.54) is 4.31 Å². The van der Waals surface area contributed by atoms with Crippen LogP contribution in [0.5, 0.6) is 0 Å². The van der Waals surface area contributed by atoms with Gasteiger partial charge in [-0.1, -0.05) is 30.3 Å². The second-order valence-electron chi connectivity index (χ2n) is 7.19. The summed E-state index contributed by atoms with van der Waals surface area (Å²) < 4.78 is 70.8. The molecule has 0 saturated carbocycles. The summed E-state index contributed by atoms with van der Waals surface area (Å²) in [6, 6.07) is 13.2. The van der Waals surface area contributed by atoms with Crippen LogP contribution < -0.4 is 0 Å². The van der Waals surface area contributed by atoms with Crippen LogP contribution in [0.25, 0.3) is 11.3 Å². The molecule has 0 amide bonds. The van der Waals surface area contributed by atoms with Crippen molar-refractivity contribution >= 4 is 10.0 Å². The lowest BCUT2D eigenvalue weighted by Crippen LogP contribution is -2.48. The Morgan fingerprint density at radius 2 is 1.58 bits per heavy atom. The highest BCUT2D eigenvalue weighted by molar-refractivity contribution is 7.89. The predicted octanol–water partition coefficient (Wildman–Crippen LogP) is 3.87. The molecule has 0 N–H and O–H groups in total. The van der Waals surface area contributed by atoms with Gasteiger partial charge in [-0.3, -0.25) is 4.90 Å². The van der Waals surface area contributed by atoms with Crippen LogP contribution >= 0.6 is 0 Å². The third-order valence-electron chi connectivity index (χ3n) is 5.12. The van der Waals surface area contributed by atoms with Gasteiger partial charge in [0.2, 0.25) is 15.9 Å². The van der Waals surface area contributed by atoms with Gasteiger partial charge in [0.1, 0.15) is 0 Å². The summed E-state index contributed by atoms with van der Waals surface area (Å²) in [4.78, 5) is 6.18. The van der Waals surface area contributed by atoms with Gasteiger partial charge < -0.3 is 4.42 Å². The lowest BCUT2D eigenvalue weighted by molar-refractivity contribution is -0.137. The summed E-state index contributed by atoms with van der Waals surface area (Å²) in [6.45, 7) is 1.83. The van der Waals surface area contributed by atoms with E-state index in [1.807, 2.05) is 35.2 Å². The zero-order valence-corrected chi connectivity index (χ0v) is 17.2. The van der Waals surface area contributed by atoms with Gasteiger partial charge in [0.05, 0.1) is 23.2 Å². The summed E-state index contributed by atoms with van der Waals surface area (Å²) in [6.07, 6.45) is -2.84. The van der Waals surface area contributed by atoms with Crippen molar-refractivity contribution in [3.05, 3.63) is 72.2 Å². The molecule has 0 aliphatic carbocycles. The van der Waals surface area contributed by atoms with E-state index in [0.717, 1.165) is 29.8 Å². The van der Waals surface area contributed by atoms with Crippen LogP contribution in [-0.2, 0) is 22.7 Å². The number of oxazole rings is 1. The number of aromatic nitrogens is 1. The Kier molecular flexibility index (Phi) is 5.87. The van der Waals surface area contributed by atoms with Crippen molar-refractivity contribution in [1.29, 1.82) is 0 Å². The average molecular weight is 451 g/mol. The molecule has 0 radical (unpaired) electrons. The zero-order chi connectivity index (χ0) is 22.1. The molecule has 164 valence electrons. The highest BCUT2D eigenvalue weighted by Crippen LogP contribution is 2.30. The topological polar surface area (TPSA) is 66.7 Å². The molecule has 1 aromatic heterocycles. The van der Waals surface area contributed by atoms with Crippen LogP contribution in [0.4, 0.5) is 13.2 Å². The minimum Gasteiger partial charge on any atom is -0.439 e. The summed E-state index contributed by atoms with van der Waals surface area (Å²) in [5.41, 5.74) is 0.0470. The maximum atomic E-state index is 12.8. The second-order valence-corrected chi connectivity index (χ2v) is 9.12. The molecule has 1 aliphatic rings.